The van der Waals surface area contributed by atoms with E-state index < -0.39 is 0 Å². The SMILES string of the molecule is CCC.CCC.Cc1cc(C)cc(C(C)C)c1.Cc1cccc(C)c1.OP.OP.Oc1cccc2ccccc12. The quantitative estimate of drug-likeness (QED) is 0.194. The second-order valence-electron chi connectivity index (χ2n) is 9.65. The molecule has 4 aromatic carbocycles. The minimum atomic E-state index is 0.350. The summed E-state index contributed by atoms with van der Waals surface area (Å²) < 4.78 is 0. The average Bonchev–Trinajstić information content (AvgIpc) is 2.92. The molecular weight excluding hydrogens is 530 g/mol. The lowest BCUT2D eigenvalue weighted by Crippen LogP contribution is -1.89. The predicted molar refractivity (Wildman–Crippen MR) is 187 cm³/mol. The van der Waals surface area contributed by atoms with Gasteiger partial charge < -0.3 is 14.9 Å². The van der Waals surface area contributed by atoms with Crippen molar-refractivity contribution in [3.63, 3.8) is 0 Å². The van der Waals surface area contributed by atoms with Crippen molar-refractivity contribution >= 4 is 29.7 Å². The molecule has 0 amide bonds. The Morgan fingerprint density at radius 1 is 0.550 bits per heavy atom. The zero-order valence-electron chi connectivity index (χ0n) is 26.6. The third kappa shape index (κ3) is 21.5. The van der Waals surface area contributed by atoms with Crippen molar-refractivity contribution in [1.29, 1.82) is 0 Å². The van der Waals surface area contributed by atoms with Crippen molar-refractivity contribution in [1.82, 2.24) is 0 Å². The number of rotatable bonds is 1. The fourth-order valence-electron chi connectivity index (χ4n) is 3.36. The van der Waals surface area contributed by atoms with Crippen LogP contribution in [0.25, 0.3) is 10.8 Å². The largest absolute Gasteiger partial charge is 0.507 e. The Bertz CT molecular complexity index is 1080. The van der Waals surface area contributed by atoms with E-state index in [4.69, 9.17) is 9.79 Å². The molecule has 4 rings (SSSR count). The van der Waals surface area contributed by atoms with Crippen LogP contribution in [0.3, 0.4) is 0 Å². The highest BCUT2D eigenvalue weighted by Gasteiger charge is 1.99. The zero-order chi connectivity index (χ0) is 31.5. The number of benzene rings is 4. The molecule has 0 aromatic heterocycles. The third-order valence-electron chi connectivity index (χ3n) is 4.85. The lowest BCUT2D eigenvalue weighted by molar-refractivity contribution is 0.481. The molecule has 0 spiro atoms. The van der Waals surface area contributed by atoms with Crippen LogP contribution in [0.2, 0.25) is 0 Å². The van der Waals surface area contributed by atoms with E-state index in [0.29, 0.717) is 11.7 Å². The van der Waals surface area contributed by atoms with E-state index in [1.807, 2.05) is 36.4 Å². The molecule has 0 saturated carbocycles. The van der Waals surface area contributed by atoms with Gasteiger partial charge in [-0.3, -0.25) is 0 Å². The van der Waals surface area contributed by atoms with Gasteiger partial charge >= 0.3 is 0 Å². The number of hydrogen-bond acceptors (Lipinski definition) is 3. The summed E-state index contributed by atoms with van der Waals surface area (Å²) >= 11 is 0. The highest BCUT2D eigenvalue weighted by Crippen LogP contribution is 2.23. The van der Waals surface area contributed by atoms with Gasteiger partial charge in [0.25, 0.3) is 0 Å². The van der Waals surface area contributed by atoms with Crippen molar-refractivity contribution in [3.8, 4) is 5.75 Å². The summed E-state index contributed by atoms with van der Waals surface area (Å²) in [5.74, 6) is 0.997. The monoisotopic (exact) mass is 586 g/mol. The lowest BCUT2D eigenvalue weighted by Gasteiger charge is -2.07. The van der Waals surface area contributed by atoms with Gasteiger partial charge in [-0.15, -0.1) is 0 Å². The fraction of sp³-hybridized carbons (Fsp3) is 0.371. The van der Waals surface area contributed by atoms with Gasteiger partial charge in [0, 0.05) is 5.39 Å². The number of aryl methyl sites for hydroxylation is 4. The molecule has 0 aliphatic rings. The fourth-order valence-corrected chi connectivity index (χ4v) is 3.36. The molecule has 0 radical (unpaired) electrons. The number of phenolic OH excluding ortho intramolecular Hbond substituents is 1. The van der Waals surface area contributed by atoms with E-state index in [1.165, 1.54) is 59.6 Å². The Morgan fingerprint density at radius 3 is 1.30 bits per heavy atom. The van der Waals surface area contributed by atoms with Crippen LogP contribution in [-0.2, 0) is 0 Å². The van der Waals surface area contributed by atoms with E-state index in [9.17, 15) is 5.11 Å². The highest BCUT2D eigenvalue weighted by molar-refractivity contribution is 7.08. The Hall–Kier alpha value is -2.28. The van der Waals surface area contributed by atoms with Crippen LogP contribution in [-0.4, -0.2) is 14.9 Å². The van der Waals surface area contributed by atoms with Gasteiger partial charge in [0.2, 0.25) is 0 Å². The maximum atomic E-state index is 9.37. The van der Waals surface area contributed by atoms with Gasteiger partial charge in [-0.05, 0) is 69.6 Å². The summed E-state index contributed by atoms with van der Waals surface area (Å²) in [5, 5.41) is 11.4. The summed E-state index contributed by atoms with van der Waals surface area (Å²) in [6.07, 6.45) is 2.50. The van der Waals surface area contributed by atoms with Crippen molar-refractivity contribution in [2.75, 3.05) is 0 Å². The van der Waals surface area contributed by atoms with Crippen molar-refractivity contribution in [2.24, 2.45) is 0 Å². The Balaban J connectivity index is -0.000000445. The van der Waals surface area contributed by atoms with Gasteiger partial charge in [0.15, 0.2) is 0 Å². The second kappa shape index (κ2) is 28.3. The minimum Gasteiger partial charge on any atom is -0.507 e. The summed E-state index contributed by atoms with van der Waals surface area (Å²) in [7, 11) is 2.83. The van der Waals surface area contributed by atoms with Crippen LogP contribution >= 0.6 is 18.9 Å². The van der Waals surface area contributed by atoms with Gasteiger partial charge in [0.1, 0.15) is 5.75 Å². The second-order valence-corrected chi connectivity index (χ2v) is 9.65. The number of fused-ring (bicyclic) bond motifs is 1. The first-order chi connectivity index (χ1) is 19.1. The molecule has 0 aliphatic carbocycles. The first-order valence-electron chi connectivity index (χ1n) is 13.9. The van der Waals surface area contributed by atoms with E-state index in [0.717, 1.165) is 10.8 Å². The van der Waals surface area contributed by atoms with E-state index in [-0.39, 0.29) is 0 Å². The molecule has 0 fully saturated rings. The molecule has 4 aromatic rings. The molecule has 5 heteroatoms. The standard InChI is InChI=1S/C11H16.C10H8O.C8H10.2C3H8.2H3OP/c1-8(2)11-6-9(3)5-10(4)7-11;11-10-7-3-5-8-4-1-2-6-9(8)10;1-7-4-3-5-8(2)6-7;2*1-3-2;2*1-2/h5-8H,1-4H3;1-7,11H;3-6H,1-2H3;2*3H2,1-2H3;2*1H,2H2. The molecule has 2 atom stereocenters. The maximum absolute atomic E-state index is 9.37. The first-order valence-corrected chi connectivity index (χ1v) is 14.9. The van der Waals surface area contributed by atoms with Gasteiger partial charge in [0.05, 0.1) is 0 Å². The lowest BCUT2D eigenvalue weighted by atomic mass is 9.99. The summed E-state index contributed by atoms with van der Waals surface area (Å²) in [4.78, 5) is 13.8. The topological polar surface area (TPSA) is 60.7 Å². The van der Waals surface area contributed by atoms with E-state index >= 15 is 0 Å². The third-order valence-corrected chi connectivity index (χ3v) is 4.85. The summed E-state index contributed by atoms with van der Waals surface area (Å²) in [6.45, 7) is 21.5. The van der Waals surface area contributed by atoms with Crippen LogP contribution in [0.5, 0.6) is 5.75 Å². The molecular formula is C35H56O3P2. The highest BCUT2D eigenvalue weighted by atomic mass is 31.0. The molecule has 0 aliphatic heterocycles. The first kappa shape index (κ1) is 42.2. The number of aromatic hydroxyl groups is 1. The average molecular weight is 587 g/mol. The van der Waals surface area contributed by atoms with Crippen LogP contribution in [0.4, 0.5) is 0 Å². The van der Waals surface area contributed by atoms with Crippen LogP contribution in [0.1, 0.15) is 88.1 Å². The van der Waals surface area contributed by atoms with Gasteiger partial charge in [-0.1, -0.05) is 156 Å². The van der Waals surface area contributed by atoms with Crippen molar-refractivity contribution < 1.29 is 14.9 Å². The Labute approximate surface area is 250 Å². The number of phenols is 1. The van der Waals surface area contributed by atoms with Crippen LogP contribution in [0.15, 0.2) is 84.9 Å². The van der Waals surface area contributed by atoms with Crippen LogP contribution < -0.4 is 0 Å². The normalized spacial score (nSPS) is 8.78. The molecule has 0 saturated heterocycles. The smallest absolute Gasteiger partial charge is 0.123 e. The Kier molecular flexibility index (Phi) is 29.8. The summed E-state index contributed by atoms with van der Waals surface area (Å²) in [6, 6.07) is 28.5. The molecule has 3 N–H and O–H groups in total. The summed E-state index contributed by atoms with van der Waals surface area (Å²) in [5.41, 5.74) is 6.86. The maximum Gasteiger partial charge on any atom is 0.123 e. The molecule has 40 heavy (non-hydrogen) atoms. The van der Waals surface area contributed by atoms with Crippen molar-refractivity contribution in [3.05, 3.63) is 113 Å². The van der Waals surface area contributed by atoms with E-state index in [1.54, 1.807) is 6.07 Å². The molecule has 0 heterocycles. The van der Waals surface area contributed by atoms with Gasteiger partial charge in [-0.25, -0.2) is 0 Å². The molecule has 3 nitrogen and oxygen atoms in total. The van der Waals surface area contributed by atoms with E-state index in [2.05, 4.69) is 112 Å². The molecule has 2 unspecified atom stereocenters. The van der Waals surface area contributed by atoms with Gasteiger partial charge in [-0.2, -0.15) is 0 Å². The zero-order valence-corrected chi connectivity index (χ0v) is 28.9. The number of hydrogen-bond donors (Lipinski definition) is 3. The van der Waals surface area contributed by atoms with Crippen molar-refractivity contribution in [2.45, 2.75) is 88.0 Å². The molecule has 0 bridgehead atoms. The molecule has 224 valence electrons. The Morgan fingerprint density at radius 2 is 0.925 bits per heavy atom. The van der Waals surface area contributed by atoms with Crippen LogP contribution in [0, 0.1) is 27.7 Å². The minimum absolute atomic E-state index is 0.350. The predicted octanol–water partition coefficient (Wildman–Crippen LogP) is 10.6.